The molecule has 2 amide bonds. The van der Waals surface area contributed by atoms with E-state index in [9.17, 15) is 14.0 Å². The molecule has 3 N–H and O–H groups in total. The molecule has 3 aromatic rings. The SMILES string of the molecule is CC1CN(c2ccc(C(=O)Nc3ccc(Cl)c(NC(=O)c4ccccc4F)c3)cn2)CC(C)N1. The molecule has 2 heterocycles. The van der Waals surface area contributed by atoms with Gasteiger partial charge in [-0.1, -0.05) is 23.7 Å². The second-order valence-electron chi connectivity index (χ2n) is 8.36. The number of rotatable bonds is 5. The van der Waals surface area contributed by atoms with Crippen molar-refractivity contribution in [3.05, 3.63) is 82.8 Å². The van der Waals surface area contributed by atoms with Crippen LogP contribution in [0.2, 0.25) is 5.02 Å². The Kier molecular flexibility index (Phi) is 7.09. The smallest absolute Gasteiger partial charge is 0.258 e. The summed E-state index contributed by atoms with van der Waals surface area (Å²) >= 11 is 6.19. The van der Waals surface area contributed by atoms with E-state index < -0.39 is 11.7 Å². The van der Waals surface area contributed by atoms with Crippen molar-refractivity contribution in [3.63, 3.8) is 0 Å². The normalized spacial score (nSPS) is 17.8. The molecule has 9 heteroatoms. The Morgan fingerprint density at radius 3 is 2.44 bits per heavy atom. The van der Waals surface area contributed by atoms with Gasteiger partial charge in [-0.25, -0.2) is 9.37 Å². The molecule has 0 radical (unpaired) electrons. The maximum Gasteiger partial charge on any atom is 0.258 e. The van der Waals surface area contributed by atoms with Crippen molar-refractivity contribution in [2.45, 2.75) is 25.9 Å². The van der Waals surface area contributed by atoms with Crippen LogP contribution in [0.1, 0.15) is 34.6 Å². The van der Waals surface area contributed by atoms with Crippen LogP contribution in [0.25, 0.3) is 0 Å². The lowest BCUT2D eigenvalue weighted by atomic mass is 10.1. The number of halogens is 2. The Morgan fingerprint density at radius 2 is 1.76 bits per heavy atom. The van der Waals surface area contributed by atoms with Crippen molar-refractivity contribution >= 4 is 40.6 Å². The molecule has 1 aliphatic rings. The number of hydrogen-bond acceptors (Lipinski definition) is 5. The molecule has 176 valence electrons. The number of nitrogens with one attached hydrogen (secondary N) is 3. The van der Waals surface area contributed by atoms with Gasteiger partial charge in [0.25, 0.3) is 11.8 Å². The number of hydrogen-bond donors (Lipinski definition) is 3. The predicted molar refractivity (Wildman–Crippen MR) is 132 cm³/mol. The number of benzene rings is 2. The fourth-order valence-electron chi connectivity index (χ4n) is 3.96. The Morgan fingerprint density at radius 1 is 1.03 bits per heavy atom. The van der Waals surface area contributed by atoms with Crippen molar-refractivity contribution in [2.75, 3.05) is 28.6 Å². The van der Waals surface area contributed by atoms with Gasteiger partial charge >= 0.3 is 0 Å². The molecule has 1 fully saturated rings. The van der Waals surface area contributed by atoms with Gasteiger partial charge < -0.3 is 20.9 Å². The highest BCUT2D eigenvalue weighted by atomic mass is 35.5. The van der Waals surface area contributed by atoms with E-state index >= 15 is 0 Å². The number of piperazine rings is 1. The summed E-state index contributed by atoms with van der Waals surface area (Å²) < 4.78 is 13.9. The average molecular weight is 482 g/mol. The molecule has 2 unspecified atom stereocenters. The van der Waals surface area contributed by atoms with Gasteiger partial charge in [-0.2, -0.15) is 0 Å². The van der Waals surface area contributed by atoms with Gasteiger partial charge in [0.1, 0.15) is 11.6 Å². The number of carbonyl (C=O) groups excluding carboxylic acids is 2. The van der Waals surface area contributed by atoms with Gasteiger partial charge in [0, 0.05) is 37.1 Å². The Bertz CT molecular complexity index is 1190. The van der Waals surface area contributed by atoms with E-state index in [1.54, 1.807) is 30.5 Å². The monoisotopic (exact) mass is 481 g/mol. The first kappa shape index (κ1) is 23.7. The van der Waals surface area contributed by atoms with E-state index in [-0.39, 0.29) is 22.2 Å². The number of carbonyl (C=O) groups is 2. The molecule has 7 nitrogen and oxygen atoms in total. The van der Waals surface area contributed by atoms with Crippen molar-refractivity contribution in [3.8, 4) is 0 Å². The van der Waals surface area contributed by atoms with Gasteiger partial charge in [-0.05, 0) is 56.3 Å². The molecule has 1 aliphatic heterocycles. The van der Waals surface area contributed by atoms with Gasteiger partial charge in [0.05, 0.1) is 21.8 Å². The van der Waals surface area contributed by atoms with E-state index in [4.69, 9.17) is 11.6 Å². The first-order chi connectivity index (χ1) is 16.3. The average Bonchev–Trinajstić information content (AvgIpc) is 2.81. The second kappa shape index (κ2) is 10.2. The third-order valence-corrected chi connectivity index (χ3v) is 5.81. The third kappa shape index (κ3) is 5.52. The molecule has 2 atom stereocenters. The Balaban J connectivity index is 1.44. The van der Waals surface area contributed by atoms with Gasteiger partial charge in [-0.15, -0.1) is 0 Å². The zero-order valence-corrected chi connectivity index (χ0v) is 19.6. The number of anilines is 3. The molecule has 4 rings (SSSR count). The van der Waals surface area contributed by atoms with Gasteiger partial charge in [-0.3, -0.25) is 9.59 Å². The number of aromatic nitrogens is 1. The maximum atomic E-state index is 13.9. The first-order valence-electron chi connectivity index (χ1n) is 10.9. The predicted octanol–water partition coefficient (Wildman–Crippen LogP) is 4.57. The van der Waals surface area contributed by atoms with Gasteiger partial charge in [0.2, 0.25) is 0 Å². The van der Waals surface area contributed by atoms with Crippen LogP contribution >= 0.6 is 11.6 Å². The second-order valence-corrected chi connectivity index (χ2v) is 8.77. The summed E-state index contributed by atoms with van der Waals surface area (Å²) in [7, 11) is 0. The van der Waals surface area contributed by atoms with Crippen molar-refractivity contribution < 1.29 is 14.0 Å². The quantitative estimate of drug-likeness (QED) is 0.497. The first-order valence-corrected chi connectivity index (χ1v) is 11.3. The van der Waals surface area contributed by atoms with Crippen LogP contribution in [-0.2, 0) is 0 Å². The van der Waals surface area contributed by atoms with Gasteiger partial charge in [0.15, 0.2) is 0 Å². The molecule has 1 aromatic heterocycles. The lowest BCUT2D eigenvalue weighted by Crippen LogP contribution is -2.54. The van der Waals surface area contributed by atoms with Crippen LogP contribution in [0.4, 0.5) is 21.6 Å². The summed E-state index contributed by atoms with van der Waals surface area (Å²) in [4.78, 5) is 31.8. The zero-order valence-electron chi connectivity index (χ0n) is 18.8. The van der Waals surface area contributed by atoms with E-state index in [2.05, 4.69) is 39.7 Å². The zero-order chi connectivity index (χ0) is 24.2. The molecule has 1 saturated heterocycles. The minimum Gasteiger partial charge on any atom is -0.354 e. The number of pyridine rings is 1. The standard InChI is InChI=1S/C25H25ClFN5O2/c1-15-13-32(14-16(2)29-15)23-10-7-17(12-28-23)24(33)30-18-8-9-20(26)22(11-18)31-25(34)19-5-3-4-6-21(19)27/h3-12,15-16,29H,13-14H2,1-2H3,(H,30,33)(H,31,34). The molecular formula is C25H25ClFN5O2. The highest BCUT2D eigenvalue weighted by Gasteiger charge is 2.22. The number of amides is 2. The summed E-state index contributed by atoms with van der Waals surface area (Å²) in [6.45, 7) is 5.94. The van der Waals surface area contributed by atoms with E-state index in [1.807, 2.05) is 6.07 Å². The highest BCUT2D eigenvalue weighted by molar-refractivity contribution is 6.34. The summed E-state index contributed by atoms with van der Waals surface area (Å²) in [5.41, 5.74) is 0.967. The van der Waals surface area contributed by atoms with E-state index in [1.165, 1.54) is 24.3 Å². The van der Waals surface area contributed by atoms with E-state index in [0.717, 1.165) is 18.9 Å². The Labute approximate surface area is 202 Å². The van der Waals surface area contributed by atoms with Crippen molar-refractivity contribution in [1.82, 2.24) is 10.3 Å². The highest BCUT2D eigenvalue weighted by Crippen LogP contribution is 2.27. The molecule has 0 bridgehead atoms. The van der Waals surface area contributed by atoms with Crippen molar-refractivity contribution in [2.24, 2.45) is 0 Å². The molecule has 0 saturated carbocycles. The summed E-state index contributed by atoms with van der Waals surface area (Å²) in [6.07, 6.45) is 1.54. The fraction of sp³-hybridized carbons (Fsp3) is 0.240. The third-order valence-electron chi connectivity index (χ3n) is 5.48. The van der Waals surface area contributed by atoms with Crippen LogP contribution in [0.5, 0.6) is 0 Å². The molecule has 0 spiro atoms. The van der Waals surface area contributed by atoms with Crippen LogP contribution in [0.3, 0.4) is 0 Å². The maximum absolute atomic E-state index is 13.9. The topological polar surface area (TPSA) is 86.4 Å². The molecule has 34 heavy (non-hydrogen) atoms. The summed E-state index contributed by atoms with van der Waals surface area (Å²) in [6, 6.07) is 14.6. The molecular weight excluding hydrogens is 457 g/mol. The largest absolute Gasteiger partial charge is 0.354 e. The lowest BCUT2D eigenvalue weighted by Gasteiger charge is -2.36. The van der Waals surface area contributed by atoms with Crippen LogP contribution < -0.4 is 20.9 Å². The van der Waals surface area contributed by atoms with Crippen molar-refractivity contribution in [1.29, 1.82) is 0 Å². The van der Waals surface area contributed by atoms with Crippen LogP contribution in [-0.4, -0.2) is 42.0 Å². The Hall–Kier alpha value is -3.49. The van der Waals surface area contributed by atoms with Crippen LogP contribution in [0, 0.1) is 5.82 Å². The molecule has 0 aliphatic carbocycles. The van der Waals surface area contributed by atoms with E-state index in [0.29, 0.717) is 23.3 Å². The molecule has 2 aromatic carbocycles. The fourth-order valence-corrected chi connectivity index (χ4v) is 4.12. The summed E-state index contributed by atoms with van der Waals surface area (Å²) in [5, 5.41) is 9.10. The van der Waals surface area contributed by atoms with Crippen LogP contribution in [0.15, 0.2) is 60.8 Å². The number of nitrogens with zero attached hydrogens (tertiary/aromatic N) is 2. The lowest BCUT2D eigenvalue weighted by molar-refractivity contribution is 0.101. The minimum atomic E-state index is -0.639. The summed E-state index contributed by atoms with van der Waals surface area (Å²) in [5.74, 6) is -0.808. The minimum absolute atomic E-state index is 0.104.